The van der Waals surface area contributed by atoms with Crippen molar-refractivity contribution in [2.24, 2.45) is 0 Å². The van der Waals surface area contributed by atoms with Crippen molar-refractivity contribution in [3.63, 3.8) is 0 Å². The van der Waals surface area contributed by atoms with E-state index in [0.717, 1.165) is 39.4 Å². The summed E-state index contributed by atoms with van der Waals surface area (Å²) in [6.07, 6.45) is 1.56. The van der Waals surface area contributed by atoms with Gasteiger partial charge < -0.3 is 10.6 Å². The minimum Gasteiger partial charge on any atom is -0.317 e. The number of aryl methyl sites for hydroxylation is 2. The van der Waals surface area contributed by atoms with Crippen molar-refractivity contribution in [3.05, 3.63) is 83.9 Å². The maximum absolute atomic E-state index is 12.6. The van der Waals surface area contributed by atoms with Crippen LogP contribution in [0.5, 0.6) is 0 Å². The molecule has 3 rings (SSSR count). The highest BCUT2D eigenvalue weighted by molar-refractivity contribution is 7.99. The third-order valence-electron chi connectivity index (χ3n) is 4.55. The van der Waals surface area contributed by atoms with Crippen LogP contribution in [0.1, 0.15) is 25.0 Å². The summed E-state index contributed by atoms with van der Waals surface area (Å²) >= 11 is 1.54. The summed E-state index contributed by atoms with van der Waals surface area (Å²) in [7, 11) is 0. The van der Waals surface area contributed by atoms with Crippen LogP contribution in [0.4, 0.5) is 11.4 Å². The van der Waals surface area contributed by atoms with Gasteiger partial charge in [-0.3, -0.25) is 9.59 Å². The molecule has 0 radical (unpaired) electrons. The second-order valence-electron chi connectivity index (χ2n) is 6.48. The lowest BCUT2D eigenvalue weighted by Gasteiger charge is -2.15. The summed E-state index contributed by atoms with van der Waals surface area (Å²) < 4.78 is 0. The average Bonchev–Trinajstić information content (AvgIpc) is 2.75. The molecule has 2 amide bonds. The predicted molar refractivity (Wildman–Crippen MR) is 119 cm³/mol. The van der Waals surface area contributed by atoms with E-state index in [9.17, 15) is 9.59 Å². The second kappa shape index (κ2) is 9.94. The van der Waals surface area contributed by atoms with Crippen LogP contribution in [-0.4, -0.2) is 11.8 Å². The van der Waals surface area contributed by atoms with Gasteiger partial charge in [0.05, 0.1) is 5.69 Å². The molecule has 0 saturated heterocycles. The number of hydrogen-bond acceptors (Lipinski definition) is 3. The van der Waals surface area contributed by atoms with Gasteiger partial charge in [0, 0.05) is 15.5 Å². The highest BCUT2D eigenvalue weighted by Gasteiger charge is 2.18. The molecule has 148 valence electrons. The number of rotatable bonds is 6. The number of carbonyl (C=O) groups excluding carboxylic acids is 2. The Labute approximate surface area is 175 Å². The van der Waals surface area contributed by atoms with E-state index < -0.39 is 11.8 Å². The Balaban J connectivity index is 1.75. The van der Waals surface area contributed by atoms with Crippen LogP contribution in [0.25, 0.3) is 0 Å². The Morgan fingerprint density at radius 1 is 0.724 bits per heavy atom. The number of amides is 2. The Bertz CT molecular complexity index is 981. The van der Waals surface area contributed by atoms with E-state index in [-0.39, 0.29) is 0 Å². The van der Waals surface area contributed by atoms with Crippen molar-refractivity contribution < 1.29 is 9.59 Å². The molecule has 0 aromatic heterocycles. The van der Waals surface area contributed by atoms with Gasteiger partial charge in [0.25, 0.3) is 0 Å². The Kier molecular flexibility index (Phi) is 7.09. The monoisotopic (exact) mass is 404 g/mol. The van der Waals surface area contributed by atoms with Crippen molar-refractivity contribution in [2.75, 3.05) is 10.6 Å². The fourth-order valence-corrected chi connectivity index (χ4v) is 3.95. The summed E-state index contributed by atoms with van der Waals surface area (Å²) in [5.74, 6) is -1.35. The zero-order valence-corrected chi connectivity index (χ0v) is 17.4. The van der Waals surface area contributed by atoms with Crippen LogP contribution in [0.15, 0.2) is 82.6 Å². The maximum Gasteiger partial charge on any atom is 0.314 e. The predicted octanol–water partition coefficient (Wildman–Crippen LogP) is 5.54. The number of para-hydroxylation sites is 2. The zero-order valence-electron chi connectivity index (χ0n) is 16.6. The summed E-state index contributed by atoms with van der Waals surface area (Å²) in [5, 5.41) is 5.57. The van der Waals surface area contributed by atoms with E-state index in [1.54, 1.807) is 6.07 Å². The third kappa shape index (κ3) is 5.27. The van der Waals surface area contributed by atoms with Crippen LogP contribution in [-0.2, 0) is 22.4 Å². The van der Waals surface area contributed by atoms with E-state index in [2.05, 4.69) is 10.6 Å². The molecule has 0 fully saturated rings. The quantitative estimate of drug-likeness (QED) is 0.530. The maximum atomic E-state index is 12.6. The number of anilines is 2. The molecule has 2 N–H and O–H groups in total. The molecule has 0 unspecified atom stereocenters. The molecule has 0 aliphatic carbocycles. The van der Waals surface area contributed by atoms with Gasteiger partial charge in [-0.05, 0) is 48.2 Å². The standard InChI is InChI=1S/C24H24N2O2S/c1-3-17-11-10-12-18(4-2)22(17)26-24(28)23(27)25-20-15-8-9-16-21(20)29-19-13-6-5-7-14-19/h5-16H,3-4H2,1-2H3,(H,25,27)(H,26,28). The Morgan fingerprint density at radius 2 is 1.31 bits per heavy atom. The summed E-state index contributed by atoms with van der Waals surface area (Å²) in [4.78, 5) is 27.1. The molecule has 3 aromatic rings. The molecular weight excluding hydrogens is 380 g/mol. The smallest absolute Gasteiger partial charge is 0.314 e. The van der Waals surface area contributed by atoms with Crippen molar-refractivity contribution in [3.8, 4) is 0 Å². The molecule has 5 heteroatoms. The summed E-state index contributed by atoms with van der Waals surface area (Å²) in [6.45, 7) is 4.06. The largest absolute Gasteiger partial charge is 0.317 e. The van der Waals surface area contributed by atoms with Crippen molar-refractivity contribution in [2.45, 2.75) is 36.5 Å². The van der Waals surface area contributed by atoms with E-state index >= 15 is 0 Å². The van der Waals surface area contributed by atoms with Gasteiger partial charge in [0.2, 0.25) is 0 Å². The van der Waals surface area contributed by atoms with Gasteiger partial charge in [0.1, 0.15) is 0 Å². The normalized spacial score (nSPS) is 10.4. The fourth-order valence-electron chi connectivity index (χ4n) is 3.03. The summed E-state index contributed by atoms with van der Waals surface area (Å²) in [6, 6.07) is 23.3. The lowest BCUT2D eigenvalue weighted by molar-refractivity contribution is -0.133. The highest BCUT2D eigenvalue weighted by atomic mass is 32.2. The van der Waals surface area contributed by atoms with Crippen LogP contribution in [0, 0.1) is 0 Å². The van der Waals surface area contributed by atoms with Gasteiger partial charge in [-0.25, -0.2) is 0 Å². The minimum atomic E-state index is -0.681. The molecule has 0 aliphatic rings. The molecule has 3 aromatic carbocycles. The highest BCUT2D eigenvalue weighted by Crippen LogP contribution is 2.33. The number of carbonyl (C=O) groups is 2. The molecule has 29 heavy (non-hydrogen) atoms. The molecule has 0 atom stereocenters. The topological polar surface area (TPSA) is 58.2 Å². The lowest BCUT2D eigenvalue weighted by Crippen LogP contribution is -2.30. The second-order valence-corrected chi connectivity index (χ2v) is 7.59. The van der Waals surface area contributed by atoms with E-state index in [1.807, 2.05) is 80.6 Å². The first kappa shape index (κ1) is 20.7. The Hall–Kier alpha value is -3.05. The van der Waals surface area contributed by atoms with E-state index in [1.165, 1.54) is 11.8 Å². The number of benzene rings is 3. The van der Waals surface area contributed by atoms with Crippen LogP contribution in [0.2, 0.25) is 0 Å². The molecule has 0 bridgehead atoms. The van der Waals surface area contributed by atoms with Gasteiger partial charge >= 0.3 is 11.8 Å². The molecule has 0 heterocycles. The first-order valence-electron chi connectivity index (χ1n) is 9.67. The first-order valence-corrected chi connectivity index (χ1v) is 10.5. The van der Waals surface area contributed by atoms with E-state index in [0.29, 0.717) is 5.69 Å². The first-order chi connectivity index (χ1) is 14.1. The van der Waals surface area contributed by atoms with Crippen LogP contribution < -0.4 is 10.6 Å². The summed E-state index contributed by atoms with van der Waals surface area (Å²) in [5.41, 5.74) is 3.39. The van der Waals surface area contributed by atoms with E-state index in [4.69, 9.17) is 0 Å². The molecule has 0 saturated carbocycles. The number of nitrogens with one attached hydrogen (secondary N) is 2. The number of hydrogen-bond donors (Lipinski definition) is 2. The van der Waals surface area contributed by atoms with Gasteiger partial charge in [0.15, 0.2) is 0 Å². The van der Waals surface area contributed by atoms with Crippen molar-refractivity contribution >= 4 is 35.0 Å². The minimum absolute atomic E-state index is 0.612. The van der Waals surface area contributed by atoms with Crippen molar-refractivity contribution in [1.82, 2.24) is 0 Å². The molecule has 0 spiro atoms. The van der Waals surface area contributed by atoms with Crippen molar-refractivity contribution in [1.29, 1.82) is 0 Å². The average molecular weight is 405 g/mol. The molecule has 0 aliphatic heterocycles. The Morgan fingerprint density at radius 3 is 1.97 bits per heavy atom. The molecular formula is C24H24N2O2S. The zero-order chi connectivity index (χ0) is 20.6. The lowest BCUT2D eigenvalue weighted by atomic mass is 10.0. The van der Waals surface area contributed by atoms with Gasteiger partial charge in [-0.2, -0.15) is 0 Å². The van der Waals surface area contributed by atoms with Gasteiger partial charge in [-0.1, -0.05) is 74.1 Å². The van der Waals surface area contributed by atoms with Crippen LogP contribution >= 0.6 is 11.8 Å². The van der Waals surface area contributed by atoms with Gasteiger partial charge in [-0.15, -0.1) is 0 Å². The fraction of sp³-hybridized carbons (Fsp3) is 0.167. The molecule has 4 nitrogen and oxygen atoms in total. The SMILES string of the molecule is CCc1cccc(CC)c1NC(=O)C(=O)Nc1ccccc1Sc1ccccc1. The van der Waals surface area contributed by atoms with Crippen LogP contribution in [0.3, 0.4) is 0 Å². The third-order valence-corrected chi connectivity index (χ3v) is 5.63.